The van der Waals surface area contributed by atoms with Crippen molar-refractivity contribution in [3.05, 3.63) is 33.6 Å². The second kappa shape index (κ2) is 4.05. The van der Waals surface area contributed by atoms with Gasteiger partial charge in [-0.05, 0) is 13.8 Å². The number of rotatable bonds is 3. The van der Waals surface area contributed by atoms with Gasteiger partial charge in [0, 0.05) is 7.05 Å². The third-order valence-electron chi connectivity index (χ3n) is 2.57. The fraction of sp³-hybridized carbons (Fsp3) is 0.444. The van der Waals surface area contributed by atoms with Crippen LogP contribution in [0.1, 0.15) is 19.7 Å². The molecular formula is C9H11ClN6O2. The molecule has 0 spiro atoms. The van der Waals surface area contributed by atoms with Crippen LogP contribution in [0.4, 0.5) is 5.69 Å². The topological polar surface area (TPSA) is 91.7 Å². The van der Waals surface area contributed by atoms with Crippen molar-refractivity contribution in [2.24, 2.45) is 7.05 Å². The van der Waals surface area contributed by atoms with Crippen molar-refractivity contribution in [3.63, 3.8) is 0 Å². The van der Waals surface area contributed by atoms with E-state index in [2.05, 4.69) is 15.2 Å². The maximum absolute atomic E-state index is 10.7. The minimum Gasteiger partial charge on any atom is -0.258 e. The Morgan fingerprint density at radius 3 is 2.56 bits per heavy atom. The molecule has 0 N–H and O–H groups in total. The molecule has 0 saturated heterocycles. The Morgan fingerprint density at radius 1 is 1.44 bits per heavy atom. The molecule has 0 bridgehead atoms. The zero-order valence-corrected chi connectivity index (χ0v) is 10.8. The lowest BCUT2D eigenvalue weighted by atomic mass is 10.1. The summed E-state index contributed by atoms with van der Waals surface area (Å²) in [6.45, 7) is 3.60. The van der Waals surface area contributed by atoms with Crippen LogP contribution < -0.4 is 0 Å². The second-order valence-electron chi connectivity index (χ2n) is 4.31. The number of hydrogen-bond donors (Lipinski definition) is 0. The molecule has 0 aliphatic carbocycles. The van der Waals surface area contributed by atoms with E-state index in [9.17, 15) is 10.1 Å². The third kappa shape index (κ3) is 1.94. The predicted octanol–water partition coefficient (Wildman–Crippen LogP) is 1.36. The SMILES string of the molecule is Cn1cnc(C(C)(C)n2cc([N+](=O)[O-])c(Cl)n2)n1. The fourth-order valence-corrected chi connectivity index (χ4v) is 1.67. The van der Waals surface area contributed by atoms with Gasteiger partial charge in [0.25, 0.3) is 0 Å². The van der Waals surface area contributed by atoms with Crippen LogP contribution in [0.3, 0.4) is 0 Å². The highest BCUT2D eigenvalue weighted by Gasteiger charge is 2.31. The van der Waals surface area contributed by atoms with Crippen LogP contribution in [0.15, 0.2) is 12.5 Å². The molecule has 0 aromatic carbocycles. The molecule has 8 nitrogen and oxygen atoms in total. The normalized spacial score (nSPS) is 11.8. The lowest BCUT2D eigenvalue weighted by Gasteiger charge is -2.21. The van der Waals surface area contributed by atoms with Gasteiger partial charge in [-0.25, -0.2) is 4.98 Å². The highest BCUT2D eigenvalue weighted by Crippen LogP contribution is 2.28. The Morgan fingerprint density at radius 2 is 2.11 bits per heavy atom. The quantitative estimate of drug-likeness (QED) is 0.620. The highest BCUT2D eigenvalue weighted by atomic mass is 35.5. The van der Waals surface area contributed by atoms with Crippen LogP contribution in [0.2, 0.25) is 5.15 Å². The van der Waals surface area contributed by atoms with Crippen LogP contribution >= 0.6 is 11.6 Å². The van der Waals surface area contributed by atoms with Crippen molar-refractivity contribution in [3.8, 4) is 0 Å². The zero-order chi connectivity index (χ0) is 13.5. The molecule has 9 heteroatoms. The number of hydrogen-bond acceptors (Lipinski definition) is 5. The van der Waals surface area contributed by atoms with E-state index in [-0.39, 0.29) is 10.8 Å². The summed E-state index contributed by atoms with van der Waals surface area (Å²) in [5.74, 6) is 0.499. The van der Waals surface area contributed by atoms with Gasteiger partial charge >= 0.3 is 5.69 Å². The summed E-state index contributed by atoms with van der Waals surface area (Å²) in [7, 11) is 1.74. The number of nitro groups is 1. The predicted molar refractivity (Wildman–Crippen MR) is 63.3 cm³/mol. The first-order chi connectivity index (χ1) is 8.32. The van der Waals surface area contributed by atoms with E-state index in [0.29, 0.717) is 5.82 Å². The van der Waals surface area contributed by atoms with Gasteiger partial charge in [-0.15, -0.1) is 0 Å². The molecule has 0 fully saturated rings. The third-order valence-corrected chi connectivity index (χ3v) is 2.84. The molecule has 2 heterocycles. The van der Waals surface area contributed by atoms with Crippen molar-refractivity contribution in [1.82, 2.24) is 24.5 Å². The summed E-state index contributed by atoms with van der Waals surface area (Å²) in [5.41, 5.74) is -0.959. The van der Waals surface area contributed by atoms with Gasteiger partial charge in [0.15, 0.2) is 5.82 Å². The number of aryl methyl sites for hydroxylation is 1. The fourth-order valence-electron chi connectivity index (χ4n) is 1.47. The monoisotopic (exact) mass is 270 g/mol. The van der Waals surface area contributed by atoms with Crippen molar-refractivity contribution in [1.29, 1.82) is 0 Å². The summed E-state index contributed by atoms with van der Waals surface area (Å²) >= 11 is 5.72. The molecule has 96 valence electrons. The Hall–Kier alpha value is -1.96. The minimum absolute atomic E-state index is 0.149. The van der Waals surface area contributed by atoms with E-state index < -0.39 is 10.5 Å². The first-order valence-electron chi connectivity index (χ1n) is 5.08. The van der Waals surface area contributed by atoms with E-state index in [1.54, 1.807) is 31.9 Å². The van der Waals surface area contributed by atoms with Gasteiger partial charge in [-0.1, -0.05) is 11.6 Å². The molecule has 0 radical (unpaired) electrons. The Kier molecular flexibility index (Phi) is 2.81. The standard InChI is InChI=1S/C9H11ClN6O2/c1-9(2,8-11-5-14(3)13-8)15-4-6(16(17)18)7(10)12-15/h4-5H,1-3H3. The molecule has 0 saturated carbocycles. The van der Waals surface area contributed by atoms with Crippen molar-refractivity contribution >= 4 is 17.3 Å². The smallest absolute Gasteiger partial charge is 0.258 e. The molecule has 18 heavy (non-hydrogen) atoms. The number of halogens is 1. The van der Waals surface area contributed by atoms with Crippen LogP contribution in [-0.4, -0.2) is 29.5 Å². The minimum atomic E-state index is -0.723. The molecular weight excluding hydrogens is 260 g/mol. The lowest BCUT2D eigenvalue weighted by molar-refractivity contribution is -0.384. The van der Waals surface area contributed by atoms with Gasteiger partial charge in [0.05, 0.1) is 4.92 Å². The van der Waals surface area contributed by atoms with Crippen LogP contribution in [-0.2, 0) is 12.6 Å². The average Bonchev–Trinajstić information content (AvgIpc) is 2.84. The summed E-state index contributed by atoms with van der Waals surface area (Å²) in [6.07, 6.45) is 2.83. The molecule has 0 aliphatic rings. The van der Waals surface area contributed by atoms with Crippen LogP contribution in [0.5, 0.6) is 0 Å². The average molecular weight is 271 g/mol. The van der Waals surface area contributed by atoms with Gasteiger partial charge < -0.3 is 0 Å². The second-order valence-corrected chi connectivity index (χ2v) is 4.67. The highest BCUT2D eigenvalue weighted by molar-refractivity contribution is 6.31. The van der Waals surface area contributed by atoms with Gasteiger partial charge in [-0.3, -0.25) is 19.5 Å². The van der Waals surface area contributed by atoms with E-state index in [1.807, 2.05) is 0 Å². The number of aromatic nitrogens is 5. The summed E-state index contributed by atoms with van der Waals surface area (Å²) in [5, 5.41) is 18.7. The molecule has 0 aliphatic heterocycles. The van der Waals surface area contributed by atoms with Gasteiger partial charge in [0.1, 0.15) is 18.1 Å². The zero-order valence-electron chi connectivity index (χ0n) is 10.0. The largest absolute Gasteiger partial charge is 0.325 e. The van der Waals surface area contributed by atoms with Crippen molar-refractivity contribution in [2.45, 2.75) is 19.4 Å². The molecule has 2 rings (SSSR count). The van der Waals surface area contributed by atoms with E-state index in [4.69, 9.17) is 11.6 Å². The van der Waals surface area contributed by atoms with E-state index in [0.717, 1.165) is 0 Å². The van der Waals surface area contributed by atoms with E-state index >= 15 is 0 Å². The van der Waals surface area contributed by atoms with Crippen molar-refractivity contribution in [2.75, 3.05) is 0 Å². The molecule has 0 amide bonds. The Labute approximate surface area is 107 Å². The van der Waals surface area contributed by atoms with Crippen LogP contribution in [0.25, 0.3) is 0 Å². The lowest BCUT2D eigenvalue weighted by Crippen LogP contribution is -2.30. The van der Waals surface area contributed by atoms with Crippen molar-refractivity contribution < 1.29 is 4.92 Å². The first-order valence-corrected chi connectivity index (χ1v) is 5.46. The van der Waals surface area contributed by atoms with Gasteiger partial charge in [0.2, 0.25) is 5.15 Å². The molecule has 2 aromatic rings. The molecule has 0 atom stereocenters. The van der Waals surface area contributed by atoms with Gasteiger partial charge in [-0.2, -0.15) is 10.2 Å². The molecule has 0 unspecified atom stereocenters. The Balaban J connectivity index is 2.47. The number of nitrogens with zero attached hydrogens (tertiary/aromatic N) is 6. The van der Waals surface area contributed by atoms with Crippen LogP contribution in [0, 0.1) is 10.1 Å². The maximum atomic E-state index is 10.7. The summed E-state index contributed by atoms with van der Waals surface area (Å²) < 4.78 is 2.94. The Bertz CT molecular complexity index is 602. The first kappa shape index (κ1) is 12.5. The molecule has 2 aromatic heterocycles. The summed E-state index contributed by atoms with van der Waals surface area (Å²) in [4.78, 5) is 14.3. The summed E-state index contributed by atoms with van der Waals surface area (Å²) in [6, 6.07) is 0. The van der Waals surface area contributed by atoms with E-state index in [1.165, 1.54) is 10.9 Å². The maximum Gasteiger partial charge on any atom is 0.325 e.